The zero-order valence-electron chi connectivity index (χ0n) is 10.5. The monoisotopic (exact) mass is 287 g/mol. The fourth-order valence-electron chi connectivity index (χ4n) is 1.59. The molecule has 1 rings (SSSR count). The lowest BCUT2D eigenvalue weighted by Crippen LogP contribution is -2.13. The summed E-state index contributed by atoms with van der Waals surface area (Å²) in [5.41, 5.74) is -0.519. The van der Waals surface area contributed by atoms with E-state index in [-0.39, 0.29) is 16.6 Å². The number of aromatic carboxylic acids is 1. The number of carbonyl (C=O) groups excluding carboxylic acids is 1. The predicted octanol–water partition coefficient (Wildman–Crippen LogP) is 3.70. The summed E-state index contributed by atoms with van der Waals surface area (Å²) in [5.74, 6) is -2.66. The first-order valence-electron chi connectivity index (χ1n) is 5.98. The second kappa shape index (κ2) is 7.09. The number of hydrogen-bond acceptors (Lipinski definition) is 2. The highest BCUT2D eigenvalue weighted by Crippen LogP contribution is 2.28. The van der Waals surface area contributed by atoms with Crippen LogP contribution in [0.15, 0.2) is 12.1 Å². The predicted molar refractivity (Wildman–Crippen MR) is 71.1 cm³/mol. The van der Waals surface area contributed by atoms with Crippen molar-refractivity contribution in [3.8, 4) is 0 Å². The maximum atomic E-state index is 13.3. The SMILES string of the molecule is CCCCCC(=O)Nc1ccc(F)c(C(=O)O)c1Cl. The van der Waals surface area contributed by atoms with E-state index >= 15 is 0 Å². The van der Waals surface area contributed by atoms with Gasteiger partial charge in [0.1, 0.15) is 11.4 Å². The molecule has 0 aliphatic carbocycles. The minimum Gasteiger partial charge on any atom is -0.478 e. The van der Waals surface area contributed by atoms with Gasteiger partial charge in [0.15, 0.2) is 0 Å². The van der Waals surface area contributed by atoms with Gasteiger partial charge in [0.25, 0.3) is 0 Å². The highest BCUT2D eigenvalue weighted by Gasteiger charge is 2.19. The number of carboxylic acid groups (broad SMARTS) is 1. The Bertz CT molecular complexity index is 491. The van der Waals surface area contributed by atoms with Crippen molar-refractivity contribution in [1.29, 1.82) is 0 Å². The summed E-state index contributed by atoms with van der Waals surface area (Å²) in [7, 11) is 0. The van der Waals surface area contributed by atoms with Gasteiger partial charge >= 0.3 is 5.97 Å². The Morgan fingerprint density at radius 2 is 2.05 bits per heavy atom. The molecule has 19 heavy (non-hydrogen) atoms. The molecule has 0 aliphatic rings. The molecule has 0 fully saturated rings. The lowest BCUT2D eigenvalue weighted by molar-refractivity contribution is -0.116. The summed E-state index contributed by atoms with van der Waals surface area (Å²) in [6.07, 6.45) is 3.00. The Balaban J connectivity index is 2.82. The van der Waals surface area contributed by atoms with Crippen LogP contribution >= 0.6 is 11.6 Å². The van der Waals surface area contributed by atoms with Crippen molar-refractivity contribution in [1.82, 2.24) is 0 Å². The number of nitrogens with one attached hydrogen (secondary N) is 1. The maximum absolute atomic E-state index is 13.3. The van der Waals surface area contributed by atoms with Crippen LogP contribution in [0.2, 0.25) is 5.02 Å². The van der Waals surface area contributed by atoms with Crippen LogP contribution in [0.1, 0.15) is 43.0 Å². The van der Waals surface area contributed by atoms with E-state index in [0.717, 1.165) is 25.3 Å². The molecule has 0 bridgehead atoms. The van der Waals surface area contributed by atoms with Crippen molar-refractivity contribution in [2.24, 2.45) is 0 Å². The van der Waals surface area contributed by atoms with E-state index in [2.05, 4.69) is 5.32 Å². The fraction of sp³-hybridized carbons (Fsp3) is 0.385. The molecule has 0 saturated carbocycles. The van der Waals surface area contributed by atoms with E-state index in [1.54, 1.807) is 0 Å². The van der Waals surface area contributed by atoms with E-state index in [9.17, 15) is 14.0 Å². The largest absolute Gasteiger partial charge is 0.478 e. The number of halogens is 2. The number of hydrogen-bond donors (Lipinski definition) is 2. The Hall–Kier alpha value is -1.62. The molecule has 0 heterocycles. The topological polar surface area (TPSA) is 66.4 Å². The minimum absolute atomic E-state index is 0.113. The summed E-state index contributed by atoms with van der Waals surface area (Å²) in [6, 6.07) is 2.22. The van der Waals surface area contributed by atoms with Crippen molar-refractivity contribution >= 4 is 29.2 Å². The average molecular weight is 288 g/mol. The number of carboxylic acids is 1. The molecule has 4 nitrogen and oxygen atoms in total. The van der Waals surface area contributed by atoms with Crippen molar-refractivity contribution < 1.29 is 19.1 Å². The lowest BCUT2D eigenvalue weighted by Gasteiger charge is -2.09. The minimum atomic E-state index is -1.47. The quantitative estimate of drug-likeness (QED) is 0.784. The first-order valence-corrected chi connectivity index (χ1v) is 6.36. The lowest BCUT2D eigenvalue weighted by atomic mass is 10.1. The molecule has 1 amide bonds. The summed E-state index contributed by atoms with van der Waals surface area (Å²) in [5, 5.41) is 11.0. The standard InChI is InChI=1S/C13H15ClFNO3/c1-2-3-4-5-10(17)16-9-7-6-8(15)11(12(9)14)13(18)19/h6-7H,2-5H2,1H3,(H,16,17)(H,18,19). The molecule has 0 radical (unpaired) electrons. The molecule has 1 aromatic carbocycles. The molecule has 104 valence electrons. The Labute approximate surface area is 115 Å². The molecule has 0 aromatic heterocycles. The van der Waals surface area contributed by atoms with E-state index < -0.39 is 17.3 Å². The van der Waals surface area contributed by atoms with Gasteiger partial charge in [0.2, 0.25) is 5.91 Å². The number of unbranched alkanes of at least 4 members (excludes halogenated alkanes) is 2. The summed E-state index contributed by atoms with van der Waals surface area (Å²) >= 11 is 5.78. The van der Waals surface area contributed by atoms with Gasteiger partial charge in [-0.2, -0.15) is 0 Å². The number of benzene rings is 1. The number of rotatable bonds is 6. The average Bonchev–Trinajstić information content (AvgIpc) is 2.33. The van der Waals surface area contributed by atoms with Gasteiger partial charge in [-0.1, -0.05) is 31.4 Å². The first-order chi connectivity index (χ1) is 8.97. The smallest absolute Gasteiger partial charge is 0.340 e. The van der Waals surface area contributed by atoms with Crippen LogP contribution in [-0.2, 0) is 4.79 Å². The van der Waals surface area contributed by atoms with Gasteiger partial charge in [-0.15, -0.1) is 0 Å². The second-order valence-electron chi connectivity index (χ2n) is 4.09. The third kappa shape index (κ3) is 4.21. The van der Waals surface area contributed by atoms with E-state index in [4.69, 9.17) is 16.7 Å². The van der Waals surface area contributed by atoms with Crippen molar-refractivity contribution in [2.75, 3.05) is 5.32 Å². The van der Waals surface area contributed by atoms with Gasteiger partial charge < -0.3 is 10.4 Å². The van der Waals surface area contributed by atoms with E-state index in [0.29, 0.717) is 6.42 Å². The van der Waals surface area contributed by atoms with Gasteiger partial charge in [-0.05, 0) is 18.6 Å². The van der Waals surface area contributed by atoms with Crippen LogP contribution in [0.25, 0.3) is 0 Å². The molecule has 0 saturated heterocycles. The van der Waals surface area contributed by atoms with Crippen LogP contribution in [-0.4, -0.2) is 17.0 Å². The fourth-order valence-corrected chi connectivity index (χ4v) is 1.87. The maximum Gasteiger partial charge on any atom is 0.340 e. The molecule has 0 spiro atoms. The van der Waals surface area contributed by atoms with Gasteiger partial charge in [0, 0.05) is 6.42 Å². The van der Waals surface area contributed by atoms with Crippen LogP contribution in [0.5, 0.6) is 0 Å². The number of carbonyl (C=O) groups is 2. The molecule has 6 heteroatoms. The Kier molecular flexibility index (Phi) is 5.76. The Morgan fingerprint density at radius 1 is 1.37 bits per heavy atom. The second-order valence-corrected chi connectivity index (χ2v) is 4.47. The molecule has 0 aliphatic heterocycles. The summed E-state index contributed by atoms with van der Waals surface area (Å²) in [6.45, 7) is 2.02. The van der Waals surface area contributed by atoms with Gasteiger partial charge in [0.05, 0.1) is 10.7 Å². The third-order valence-corrected chi connectivity index (χ3v) is 2.98. The normalized spacial score (nSPS) is 10.3. The van der Waals surface area contributed by atoms with Crippen molar-refractivity contribution in [2.45, 2.75) is 32.6 Å². The molecule has 2 N–H and O–H groups in total. The van der Waals surface area contributed by atoms with Gasteiger partial charge in [-0.3, -0.25) is 4.79 Å². The zero-order chi connectivity index (χ0) is 14.4. The van der Waals surface area contributed by atoms with Crippen LogP contribution < -0.4 is 5.32 Å². The zero-order valence-corrected chi connectivity index (χ0v) is 11.3. The molecule has 0 atom stereocenters. The van der Waals surface area contributed by atoms with Gasteiger partial charge in [-0.25, -0.2) is 9.18 Å². The van der Waals surface area contributed by atoms with Crippen molar-refractivity contribution in [3.05, 3.63) is 28.5 Å². The van der Waals surface area contributed by atoms with Crippen LogP contribution in [0, 0.1) is 5.82 Å². The molecular formula is C13H15ClFNO3. The number of anilines is 1. The molecule has 1 aromatic rings. The summed E-state index contributed by atoms with van der Waals surface area (Å²) in [4.78, 5) is 22.4. The highest BCUT2D eigenvalue weighted by atomic mass is 35.5. The first kappa shape index (κ1) is 15.4. The van der Waals surface area contributed by atoms with E-state index in [1.807, 2.05) is 6.92 Å². The van der Waals surface area contributed by atoms with Crippen LogP contribution in [0.4, 0.5) is 10.1 Å². The summed E-state index contributed by atoms with van der Waals surface area (Å²) < 4.78 is 13.3. The highest BCUT2D eigenvalue weighted by molar-refractivity contribution is 6.36. The Morgan fingerprint density at radius 3 is 2.63 bits per heavy atom. The van der Waals surface area contributed by atoms with E-state index in [1.165, 1.54) is 6.07 Å². The van der Waals surface area contributed by atoms with Crippen LogP contribution in [0.3, 0.4) is 0 Å². The third-order valence-electron chi connectivity index (χ3n) is 2.59. The molecule has 0 unspecified atom stereocenters. The molecular weight excluding hydrogens is 273 g/mol. The van der Waals surface area contributed by atoms with Crippen molar-refractivity contribution in [3.63, 3.8) is 0 Å². The number of amides is 1.